The van der Waals surface area contributed by atoms with Gasteiger partial charge >= 0.3 is 5.82 Å². The van der Waals surface area contributed by atoms with Gasteiger partial charge in [0.25, 0.3) is 0 Å². The SMILES string of the molecule is C[C@@H]1CO[C@@H](c2ccccc2)CN1c1ccc2ncc([N+](=O)[O-])n2n1. The molecule has 0 unspecified atom stereocenters. The van der Waals surface area contributed by atoms with Gasteiger partial charge in [-0.05, 0) is 23.5 Å². The van der Waals surface area contributed by atoms with E-state index in [9.17, 15) is 10.1 Å². The highest BCUT2D eigenvalue weighted by molar-refractivity contribution is 5.50. The van der Waals surface area contributed by atoms with Gasteiger partial charge in [0.2, 0.25) is 5.65 Å². The van der Waals surface area contributed by atoms with Crippen LogP contribution in [0.15, 0.2) is 48.7 Å². The number of nitro groups is 1. The molecule has 2 aromatic heterocycles. The highest BCUT2D eigenvalue weighted by Crippen LogP contribution is 2.28. The van der Waals surface area contributed by atoms with Crippen molar-refractivity contribution < 1.29 is 9.66 Å². The Kier molecular flexibility index (Phi) is 3.81. The van der Waals surface area contributed by atoms with E-state index in [-0.39, 0.29) is 18.0 Å². The van der Waals surface area contributed by atoms with Crippen LogP contribution in [-0.4, -0.2) is 38.7 Å². The molecule has 0 N–H and O–H groups in total. The Bertz CT molecular complexity index is 911. The lowest BCUT2D eigenvalue weighted by Crippen LogP contribution is -2.45. The number of morpholine rings is 1. The van der Waals surface area contributed by atoms with Crippen LogP contribution in [-0.2, 0) is 4.74 Å². The molecule has 128 valence electrons. The van der Waals surface area contributed by atoms with E-state index in [0.29, 0.717) is 24.6 Å². The van der Waals surface area contributed by atoms with Gasteiger partial charge in [-0.2, -0.15) is 0 Å². The lowest BCUT2D eigenvalue weighted by molar-refractivity contribution is -0.391. The molecule has 1 fully saturated rings. The average Bonchev–Trinajstić information content (AvgIpc) is 3.06. The quantitative estimate of drug-likeness (QED) is 0.538. The number of benzene rings is 1. The van der Waals surface area contributed by atoms with E-state index in [1.165, 1.54) is 10.7 Å². The topological polar surface area (TPSA) is 85.8 Å². The second-order valence-electron chi connectivity index (χ2n) is 6.07. The van der Waals surface area contributed by atoms with Gasteiger partial charge in [0.05, 0.1) is 19.2 Å². The number of fused-ring (bicyclic) bond motifs is 1. The van der Waals surface area contributed by atoms with Crippen LogP contribution < -0.4 is 4.90 Å². The summed E-state index contributed by atoms with van der Waals surface area (Å²) in [6, 6.07) is 13.7. The van der Waals surface area contributed by atoms with E-state index in [1.807, 2.05) is 36.4 Å². The van der Waals surface area contributed by atoms with Crippen LogP contribution in [0.4, 0.5) is 11.6 Å². The summed E-state index contributed by atoms with van der Waals surface area (Å²) in [5, 5.41) is 15.6. The molecule has 4 rings (SSSR count). The molecule has 1 saturated heterocycles. The smallest absolute Gasteiger partial charge is 0.368 e. The highest BCUT2D eigenvalue weighted by Gasteiger charge is 2.29. The van der Waals surface area contributed by atoms with Crippen LogP contribution >= 0.6 is 0 Å². The first-order chi connectivity index (χ1) is 12.1. The minimum atomic E-state index is -0.480. The Hall–Kier alpha value is -3.00. The van der Waals surface area contributed by atoms with Crippen LogP contribution in [0.3, 0.4) is 0 Å². The fraction of sp³-hybridized carbons (Fsp3) is 0.294. The average molecular weight is 339 g/mol. The summed E-state index contributed by atoms with van der Waals surface area (Å²) in [6.07, 6.45) is 1.16. The fourth-order valence-electron chi connectivity index (χ4n) is 3.07. The number of aromatic nitrogens is 3. The lowest BCUT2D eigenvalue weighted by atomic mass is 10.1. The van der Waals surface area contributed by atoms with Gasteiger partial charge in [0.1, 0.15) is 12.3 Å². The maximum absolute atomic E-state index is 11.1. The number of rotatable bonds is 3. The summed E-state index contributed by atoms with van der Waals surface area (Å²) in [5.41, 5.74) is 1.56. The molecule has 1 aliphatic heterocycles. The number of anilines is 1. The number of imidazole rings is 1. The number of hydrogen-bond acceptors (Lipinski definition) is 6. The van der Waals surface area contributed by atoms with Gasteiger partial charge in [0, 0.05) is 6.07 Å². The third kappa shape index (κ3) is 2.80. The molecule has 0 spiro atoms. The maximum atomic E-state index is 11.1. The van der Waals surface area contributed by atoms with Crippen LogP contribution in [0.1, 0.15) is 18.6 Å². The predicted molar refractivity (Wildman–Crippen MR) is 91.6 cm³/mol. The maximum Gasteiger partial charge on any atom is 0.368 e. The third-order valence-electron chi connectivity index (χ3n) is 4.42. The summed E-state index contributed by atoms with van der Waals surface area (Å²) in [4.78, 5) is 16.8. The zero-order chi connectivity index (χ0) is 17.4. The predicted octanol–water partition coefficient (Wildman–Crippen LogP) is 2.60. The molecule has 0 bridgehead atoms. The standard InChI is InChI=1S/C17H17N5O3/c1-12-11-25-14(13-5-3-2-4-6-13)10-20(12)16-8-7-15-18-9-17(22(23)24)21(15)19-16/h2-9,12,14H,10-11H2,1H3/t12-,14-/m1/s1. The molecular weight excluding hydrogens is 322 g/mol. The van der Waals surface area contributed by atoms with Crippen LogP contribution in [0, 0.1) is 10.1 Å². The molecule has 0 radical (unpaired) electrons. The first kappa shape index (κ1) is 15.5. The molecule has 1 aliphatic rings. The van der Waals surface area contributed by atoms with E-state index < -0.39 is 4.92 Å². The number of ether oxygens (including phenoxy) is 1. The minimum Gasteiger partial charge on any atom is -0.370 e. The number of hydrogen-bond donors (Lipinski definition) is 0. The van der Waals surface area contributed by atoms with Gasteiger partial charge in [-0.25, -0.2) is 4.98 Å². The van der Waals surface area contributed by atoms with Crippen molar-refractivity contribution in [3.63, 3.8) is 0 Å². The Morgan fingerprint density at radius 3 is 2.80 bits per heavy atom. The molecule has 0 amide bonds. The molecule has 8 nitrogen and oxygen atoms in total. The van der Waals surface area contributed by atoms with E-state index in [4.69, 9.17) is 4.74 Å². The summed E-state index contributed by atoms with van der Waals surface area (Å²) in [5.74, 6) is 0.530. The van der Waals surface area contributed by atoms with Gasteiger partial charge < -0.3 is 19.8 Å². The molecule has 3 aromatic rings. The lowest BCUT2D eigenvalue weighted by Gasteiger charge is -2.38. The zero-order valence-corrected chi connectivity index (χ0v) is 13.6. The summed E-state index contributed by atoms with van der Waals surface area (Å²) in [6.45, 7) is 3.24. The normalized spacial score (nSPS) is 20.8. The van der Waals surface area contributed by atoms with Gasteiger partial charge in [-0.3, -0.25) is 0 Å². The second kappa shape index (κ2) is 6.14. The van der Waals surface area contributed by atoms with Crippen molar-refractivity contribution >= 4 is 17.3 Å². The van der Waals surface area contributed by atoms with Gasteiger partial charge in [-0.1, -0.05) is 39.9 Å². The van der Waals surface area contributed by atoms with Crippen molar-refractivity contribution in [3.8, 4) is 0 Å². The zero-order valence-electron chi connectivity index (χ0n) is 13.6. The second-order valence-corrected chi connectivity index (χ2v) is 6.07. The van der Waals surface area contributed by atoms with Crippen molar-refractivity contribution in [2.45, 2.75) is 19.1 Å². The van der Waals surface area contributed by atoms with E-state index in [2.05, 4.69) is 21.9 Å². The molecule has 3 heterocycles. The van der Waals surface area contributed by atoms with E-state index in [1.54, 1.807) is 6.07 Å². The van der Waals surface area contributed by atoms with Crippen molar-refractivity contribution in [2.75, 3.05) is 18.1 Å². The molecular formula is C17H17N5O3. The van der Waals surface area contributed by atoms with Gasteiger partial charge in [-0.15, -0.1) is 0 Å². The Balaban J connectivity index is 1.68. The van der Waals surface area contributed by atoms with Crippen molar-refractivity contribution in [3.05, 3.63) is 64.3 Å². The molecule has 25 heavy (non-hydrogen) atoms. The van der Waals surface area contributed by atoms with Crippen molar-refractivity contribution in [2.24, 2.45) is 0 Å². The van der Waals surface area contributed by atoms with E-state index >= 15 is 0 Å². The molecule has 2 atom stereocenters. The Morgan fingerprint density at radius 2 is 2.04 bits per heavy atom. The summed E-state index contributed by atoms with van der Waals surface area (Å²) >= 11 is 0. The summed E-state index contributed by atoms with van der Waals surface area (Å²) in [7, 11) is 0. The van der Waals surface area contributed by atoms with Crippen molar-refractivity contribution in [1.29, 1.82) is 0 Å². The van der Waals surface area contributed by atoms with E-state index in [0.717, 1.165) is 5.56 Å². The van der Waals surface area contributed by atoms with Crippen molar-refractivity contribution in [1.82, 2.24) is 14.6 Å². The Morgan fingerprint density at radius 1 is 1.24 bits per heavy atom. The highest BCUT2D eigenvalue weighted by atomic mass is 16.6. The fourth-order valence-corrected chi connectivity index (χ4v) is 3.07. The molecule has 0 saturated carbocycles. The van der Waals surface area contributed by atoms with Crippen LogP contribution in [0.5, 0.6) is 0 Å². The number of nitrogens with zero attached hydrogens (tertiary/aromatic N) is 5. The van der Waals surface area contributed by atoms with Crippen LogP contribution in [0.25, 0.3) is 5.65 Å². The monoisotopic (exact) mass is 339 g/mol. The Labute approximate surface area is 143 Å². The van der Waals surface area contributed by atoms with Crippen LogP contribution in [0.2, 0.25) is 0 Å². The first-order valence-electron chi connectivity index (χ1n) is 8.06. The molecule has 8 heteroatoms. The first-order valence-corrected chi connectivity index (χ1v) is 8.06. The molecule has 0 aliphatic carbocycles. The minimum absolute atomic E-state index is 0.0623. The molecule has 1 aromatic carbocycles. The largest absolute Gasteiger partial charge is 0.370 e. The third-order valence-corrected chi connectivity index (χ3v) is 4.42. The van der Waals surface area contributed by atoms with Gasteiger partial charge in [0.15, 0.2) is 5.82 Å². The summed E-state index contributed by atoms with van der Waals surface area (Å²) < 4.78 is 7.24.